The van der Waals surface area contributed by atoms with Gasteiger partial charge in [0.2, 0.25) is 0 Å². The minimum absolute atomic E-state index is 0.0499. The van der Waals surface area contributed by atoms with Gasteiger partial charge in [0, 0.05) is 18.2 Å². The van der Waals surface area contributed by atoms with Crippen molar-refractivity contribution in [1.29, 1.82) is 0 Å². The zero-order valence-electron chi connectivity index (χ0n) is 15.9. The van der Waals surface area contributed by atoms with Gasteiger partial charge in [0.1, 0.15) is 5.82 Å². The smallest absolute Gasteiger partial charge is 0.363 e. The molecule has 1 aromatic heterocycles. The van der Waals surface area contributed by atoms with Crippen molar-refractivity contribution >= 4 is 63.8 Å². The summed E-state index contributed by atoms with van der Waals surface area (Å²) in [5, 5.41) is 10.5. The molecule has 0 aliphatic carbocycles. The number of aromatic nitrogens is 2. The van der Waals surface area contributed by atoms with Crippen LogP contribution in [0.5, 0.6) is 0 Å². The van der Waals surface area contributed by atoms with E-state index in [1.807, 2.05) is 0 Å². The summed E-state index contributed by atoms with van der Waals surface area (Å²) in [4.78, 5) is 12.6. The molecule has 0 saturated carbocycles. The third-order valence-corrected chi connectivity index (χ3v) is 6.42. The Balaban J connectivity index is 1.64. The van der Waals surface area contributed by atoms with Crippen LogP contribution in [0.1, 0.15) is 34.6 Å². The molecule has 1 aliphatic rings. The maximum absolute atomic E-state index is 13.8. The van der Waals surface area contributed by atoms with Gasteiger partial charge in [-0.15, -0.1) is 0 Å². The molecule has 0 radical (unpaired) electrons. The van der Waals surface area contributed by atoms with Crippen molar-refractivity contribution in [2.45, 2.75) is 24.7 Å². The Labute approximate surface area is 200 Å². The molecule has 1 aliphatic heterocycles. The van der Waals surface area contributed by atoms with E-state index >= 15 is 0 Å². The Morgan fingerprint density at radius 2 is 1.66 bits per heavy atom. The zero-order chi connectivity index (χ0) is 23.2. The molecule has 0 fully saturated rings. The van der Waals surface area contributed by atoms with Gasteiger partial charge in [0.25, 0.3) is 5.91 Å². The Bertz CT molecular complexity index is 1200. The molecule has 0 bridgehead atoms. The third-order valence-electron chi connectivity index (χ3n) is 4.95. The van der Waals surface area contributed by atoms with Gasteiger partial charge in [-0.1, -0.05) is 52.5 Å². The van der Waals surface area contributed by atoms with Gasteiger partial charge in [0.05, 0.1) is 26.1 Å². The molecule has 2 aromatic carbocycles. The van der Waals surface area contributed by atoms with Gasteiger partial charge in [-0.25, -0.2) is 4.68 Å². The van der Waals surface area contributed by atoms with Crippen LogP contribution >= 0.6 is 46.4 Å². The van der Waals surface area contributed by atoms with Crippen molar-refractivity contribution in [3.8, 4) is 0 Å². The lowest BCUT2D eigenvalue weighted by Crippen LogP contribution is -2.35. The van der Waals surface area contributed by atoms with E-state index in [4.69, 9.17) is 46.4 Å². The van der Waals surface area contributed by atoms with E-state index in [1.165, 1.54) is 36.4 Å². The summed E-state index contributed by atoms with van der Waals surface area (Å²) < 4.78 is 42.3. The molecule has 2 heterocycles. The molecule has 2 N–H and O–H groups in total. The van der Waals surface area contributed by atoms with Gasteiger partial charge < -0.3 is 10.6 Å². The lowest BCUT2D eigenvalue weighted by Gasteiger charge is -2.33. The number of anilines is 2. The van der Waals surface area contributed by atoms with Gasteiger partial charge in [-0.2, -0.15) is 18.3 Å². The number of nitrogens with zero attached hydrogens (tertiary/aromatic N) is 2. The largest absolute Gasteiger partial charge is 0.410 e. The molecule has 3 aromatic rings. The van der Waals surface area contributed by atoms with Crippen LogP contribution in [0.3, 0.4) is 0 Å². The highest BCUT2D eigenvalue weighted by Gasteiger charge is 2.46. The minimum Gasteiger partial charge on any atom is -0.363 e. The summed E-state index contributed by atoms with van der Waals surface area (Å²) in [7, 11) is 0. The number of benzene rings is 2. The second-order valence-corrected chi connectivity index (χ2v) is 8.73. The van der Waals surface area contributed by atoms with Crippen molar-refractivity contribution in [1.82, 2.24) is 9.78 Å². The monoisotopic (exact) mass is 522 g/mol. The number of amides is 1. The van der Waals surface area contributed by atoms with E-state index in [9.17, 15) is 18.0 Å². The van der Waals surface area contributed by atoms with Crippen molar-refractivity contribution in [3.63, 3.8) is 0 Å². The topological polar surface area (TPSA) is 59.0 Å². The van der Waals surface area contributed by atoms with E-state index in [-0.39, 0.29) is 28.0 Å². The van der Waals surface area contributed by atoms with E-state index < -0.39 is 24.2 Å². The van der Waals surface area contributed by atoms with Gasteiger partial charge >= 0.3 is 6.18 Å². The van der Waals surface area contributed by atoms with Crippen LogP contribution in [0.15, 0.2) is 42.5 Å². The second kappa shape index (κ2) is 8.67. The number of carbonyl (C=O) groups is 1. The lowest BCUT2D eigenvalue weighted by molar-refractivity contribution is -0.173. The molecule has 5 nitrogen and oxygen atoms in total. The fraction of sp³-hybridized carbons (Fsp3) is 0.200. The number of carbonyl (C=O) groups excluding carboxylic acids is 1. The zero-order valence-corrected chi connectivity index (χ0v) is 18.9. The number of nitrogens with one attached hydrogen (secondary N) is 2. The Morgan fingerprint density at radius 3 is 2.28 bits per heavy atom. The van der Waals surface area contributed by atoms with E-state index in [0.29, 0.717) is 21.3 Å². The van der Waals surface area contributed by atoms with Crippen molar-refractivity contribution in [3.05, 3.63) is 73.8 Å². The number of fused-ring (bicyclic) bond motifs is 1. The van der Waals surface area contributed by atoms with Crippen LogP contribution in [0, 0.1) is 0 Å². The molecule has 0 spiro atoms. The van der Waals surface area contributed by atoms with Crippen LogP contribution in [0.2, 0.25) is 20.1 Å². The van der Waals surface area contributed by atoms with Crippen LogP contribution < -0.4 is 10.6 Å². The van der Waals surface area contributed by atoms with Crippen LogP contribution in [-0.2, 0) is 0 Å². The normalized spacial score (nSPS) is 18.1. The average Bonchev–Trinajstić information content (AvgIpc) is 3.15. The molecule has 4 rings (SSSR count). The molecule has 0 unspecified atom stereocenters. The summed E-state index contributed by atoms with van der Waals surface area (Å²) in [5.41, 5.74) is 0.662. The molecule has 168 valence electrons. The Kier molecular flexibility index (Phi) is 6.24. The number of hydrogen-bond donors (Lipinski definition) is 2. The predicted octanol–water partition coefficient (Wildman–Crippen LogP) is 7.41. The quantitative estimate of drug-likeness (QED) is 0.375. The maximum atomic E-state index is 13.8. The van der Waals surface area contributed by atoms with E-state index in [1.54, 1.807) is 6.07 Å². The highest BCUT2D eigenvalue weighted by atomic mass is 35.5. The average molecular weight is 524 g/mol. The fourth-order valence-electron chi connectivity index (χ4n) is 3.40. The first-order valence-corrected chi connectivity index (χ1v) is 10.7. The molecule has 2 atom stereocenters. The van der Waals surface area contributed by atoms with Crippen molar-refractivity contribution in [2.75, 3.05) is 10.6 Å². The van der Waals surface area contributed by atoms with Gasteiger partial charge in [0.15, 0.2) is 11.7 Å². The first-order chi connectivity index (χ1) is 15.0. The Morgan fingerprint density at radius 1 is 1.00 bits per heavy atom. The van der Waals surface area contributed by atoms with Crippen molar-refractivity contribution < 1.29 is 18.0 Å². The van der Waals surface area contributed by atoms with Crippen LogP contribution in [0.4, 0.5) is 24.7 Å². The SMILES string of the molecule is O=C(Nc1ccc(Cl)c(Cl)c1)c1cc2n(n1)[C@@H](C(F)(F)F)C[C@H](c1ccc(Cl)c(Cl)c1)N2. The highest BCUT2D eigenvalue weighted by Crippen LogP contribution is 2.44. The van der Waals surface area contributed by atoms with E-state index in [0.717, 1.165) is 4.68 Å². The first kappa shape index (κ1) is 23.0. The van der Waals surface area contributed by atoms with E-state index in [2.05, 4.69) is 15.7 Å². The van der Waals surface area contributed by atoms with Gasteiger partial charge in [-0.05, 0) is 35.9 Å². The predicted molar refractivity (Wildman–Crippen MR) is 119 cm³/mol. The number of halogens is 7. The molecule has 32 heavy (non-hydrogen) atoms. The summed E-state index contributed by atoms with van der Waals surface area (Å²) in [6.07, 6.45) is -4.93. The second-order valence-electron chi connectivity index (χ2n) is 7.11. The van der Waals surface area contributed by atoms with Crippen molar-refractivity contribution in [2.24, 2.45) is 0 Å². The standard InChI is InChI=1S/C20H13Cl4F3N4O/c21-11-3-1-9(5-13(11)23)15-7-17(20(25,26)27)31-18(29-15)8-16(30-31)19(32)28-10-2-4-12(22)14(24)6-10/h1-6,8,15,17,29H,7H2,(H,28,32)/t15-,17-/m1/s1. The molecular formula is C20H13Cl4F3N4O. The summed E-state index contributed by atoms with van der Waals surface area (Å²) in [5.74, 6) is -0.645. The molecular weight excluding hydrogens is 511 g/mol. The maximum Gasteiger partial charge on any atom is 0.410 e. The minimum atomic E-state index is -4.59. The van der Waals surface area contributed by atoms with Crippen LogP contribution in [0.25, 0.3) is 0 Å². The summed E-state index contributed by atoms with van der Waals surface area (Å²) in [6.45, 7) is 0. The highest BCUT2D eigenvalue weighted by molar-refractivity contribution is 6.42. The molecule has 0 saturated heterocycles. The lowest BCUT2D eigenvalue weighted by atomic mass is 9.97. The molecule has 12 heteroatoms. The fourth-order valence-corrected chi connectivity index (χ4v) is 4.01. The first-order valence-electron chi connectivity index (χ1n) is 9.17. The molecule has 1 amide bonds. The third kappa shape index (κ3) is 4.64. The Hall–Kier alpha value is -2.13. The summed E-state index contributed by atoms with van der Waals surface area (Å²) >= 11 is 23.7. The number of alkyl halides is 3. The van der Waals surface area contributed by atoms with Gasteiger partial charge in [-0.3, -0.25) is 4.79 Å². The van der Waals surface area contributed by atoms with Crippen LogP contribution in [-0.4, -0.2) is 21.9 Å². The number of hydrogen-bond acceptors (Lipinski definition) is 3. The number of rotatable bonds is 3. The summed E-state index contributed by atoms with van der Waals surface area (Å²) in [6, 6.07) is 7.66.